The van der Waals surface area contributed by atoms with Gasteiger partial charge in [0.05, 0.1) is 12.1 Å². The highest BCUT2D eigenvalue weighted by Gasteiger charge is 2.34. The second kappa shape index (κ2) is 9.37. The van der Waals surface area contributed by atoms with E-state index in [4.69, 9.17) is 4.74 Å². The van der Waals surface area contributed by atoms with Crippen LogP contribution in [0.1, 0.15) is 50.7 Å². The monoisotopic (exact) mass is 451 g/mol. The van der Waals surface area contributed by atoms with E-state index in [1.54, 1.807) is 11.1 Å². The van der Waals surface area contributed by atoms with Gasteiger partial charge in [0, 0.05) is 31.9 Å². The summed E-state index contributed by atoms with van der Waals surface area (Å²) in [5.74, 6) is 1.24. The van der Waals surface area contributed by atoms with Gasteiger partial charge in [0.25, 0.3) is 0 Å². The van der Waals surface area contributed by atoms with Crippen LogP contribution in [-0.4, -0.2) is 58.9 Å². The molecule has 2 aromatic rings. The van der Waals surface area contributed by atoms with Crippen molar-refractivity contribution in [1.29, 1.82) is 0 Å². The van der Waals surface area contributed by atoms with Crippen molar-refractivity contribution in [1.82, 2.24) is 15.1 Å². The van der Waals surface area contributed by atoms with Crippen LogP contribution in [0.2, 0.25) is 0 Å². The number of hydrogen-bond donors (Lipinski definition) is 1. The quantitative estimate of drug-likeness (QED) is 0.757. The molecule has 0 bridgehead atoms. The number of amides is 2. The summed E-state index contributed by atoms with van der Waals surface area (Å²) in [6.45, 7) is 10.4. The number of carbonyl (C=O) groups is 2. The summed E-state index contributed by atoms with van der Waals surface area (Å²) in [6.07, 6.45) is 3.26. The number of benzene rings is 1. The molecule has 0 spiro atoms. The van der Waals surface area contributed by atoms with Crippen molar-refractivity contribution >= 4 is 23.5 Å². The molecular weight excluding hydrogens is 418 g/mol. The Hall–Kier alpha value is -3.16. The molecule has 0 saturated carbocycles. The van der Waals surface area contributed by atoms with Crippen molar-refractivity contribution in [2.24, 2.45) is 5.92 Å². The lowest BCUT2D eigenvalue weighted by Crippen LogP contribution is -2.52. The summed E-state index contributed by atoms with van der Waals surface area (Å²) in [4.78, 5) is 28.8. The molecule has 2 amide bonds. The summed E-state index contributed by atoms with van der Waals surface area (Å²) in [5.41, 5.74) is 2.64. The molecule has 1 N–H and O–H groups in total. The lowest BCUT2D eigenvalue weighted by atomic mass is 9.89. The van der Waals surface area contributed by atoms with Gasteiger partial charge in [0.1, 0.15) is 5.60 Å². The third-order valence-corrected chi connectivity index (χ3v) is 6.24. The molecule has 2 saturated heterocycles. The Bertz CT molecular complexity index is 988. The van der Waals surface area contributed by atoms with Crippen molar-refractivity contribution < 1.29 is 14.3 Å². The van der Waals surface area contributed by atoms with Crippen LogP contribution in [0.4, 0.5) is 16.3 Å². The zero-order chi connectivity index (χ0) is 23.6. The highest BCUT2D eigenvalue weighted by atomic mass is 16.6. The number of nitrogens with zero attached hydrogens (tertiary/aromatic N) is 4. The van der Waals surface area contributed by atoms with Crippen LogP contribution >= 0.6 is 0 Å². The van der Waals surface area contributed by atoms with Crippen LogP contribution in [0.5, 0.6) is 0 Å². The number of ether oxygens (including phenoxy) is 1. The molecule has 0 unspecified atom stereocenters. The van der Waals surface area contributed by atoms with Crippen LogP contribution < -0.4 is 10.2 Å². The second-order valence-corrected chi connectivity index (χ2v) is 9.99. The van der Waals surface area contributed by atoms with E-state index in [0.29, 0.717) is 32.1 Å². The van der Waals surface area contributed by atoms with Gasteiger partial charge in [-0.25, -0.2) is 4.79 Å². The summed E-state index contributed by atoms with van der Waals surface area (Å²) in [6, 6.07) is 10.0. The maximum Gasteiger partial charge on any atom is 0.410 e. The Morgan fingerprint density at radius 3 is 2.33 bits per heavy atom. The van der Waals surface area contributed by atoms with Crippen LogP contribution in [-0.2, 0) is 9.53 Å². The van der Waals surface area contributed by atoms with Gasteiger partial charge >= 0.3 is 6.09 Å². The fourth-order valence-electron chi connectivity index (χ4n) is 4.32. The van der Waals surface area contributed by atoms with Crippen LogP contribution in [0, 0.1) is 12.8 Å². The van der Waals surface area contributed by atoms with Crippen LogP contribution in [0.25, 0.3) is 0 Å². The van der Waals surface area contributed by atoms with Crippen LogP contribution in [0.15, 0.2) is 36.5 Å². The first-order valence-corrected chi connectivity index (χ1v) is 11.6. The zero-order valence-electron chi connectivity index (χ0n) is 19.9. The van der Waals surface area contributed by atoms with Crippen molar-refractivity contribution in [3.8, 4) is 0 Å². The molecule has 2 aliphatic rings. The minimum atomic E-state index is -0.472. The van der Waals surface area contributed by atoms with Crippen molar-refractivity contribution in [2.45, 2.75) is 52.1 Å². The first-order chi connectivity index (χ1) is 15.7. The van der Waals surface area contributed by atoms with Gasteiger partial charge in [-0.1, -0.05) is 12.1 Å². The topological polar surface area (TPSA) is 87.7 Å². The number of carbonyl (C=O) groups excluding carboxylic acids is 2. The molecule has 8 nitrogen and oxygen atoms in total. The Morgan fingerprint density at radius 2 is 1.73 bits per heavy atom. The van der Waals surface area contributed by atoms with Crippen molar-refractivity contribution in [3.63, 3.8) is 0 Å². The molecule has 2 fully saturated rings. The number of anilines is 2. The maximum absolute atomic E-state index is 12.6. The van der Waals surface area contributed by atoms with Crippen molar-refractivity contribution in [3.05, 3.63) is 47.7 Å². The summed E-state index contributed by atoms with van der Waals surface area (Å²) >= 11 is 0. The Labute approximate surface area is 195 Å². The summed E-state index contributed by atoms with van der Waals surface area (Å²) in [5, 5.41) is 11.2. The van der Waals surface area contributed by atoms with E-state index >= 15 is 0 Å². The van der Waals surface area contributed by atoms with Gasteiger partial charge in [-0.3, -0.25) is 4.79 Å². The molecule has 3 heterocycles. The molecule has 33 heavy (non-hydrogen) atoms. The van der Waals surface area contributed by atoms with Crippen LogP contribution in [0.3, 0.4) is 0 Å². The SMILES string of the molecule is Cc1ccnnc1N1CC(C(=O)Nc2ccc(C3CCN(C(=O)OC(C)(C)C)CC3)cc2)C1. The minimum Gasteiger partial charge on any atom is -0.444 e. The number of aryl methyl sites for hydroxylation is 1. The smallest absolute Gasteiger partial charge is 0.410 e. The van der Waals surface area contributed by atoms with Gasteiger partial charge in [-0.05, 0) is 75.8 Å². The van der Waals surface area contributed by atoms with E-state index in [1.165, 1.54) is 5.56 Å². The normalized spacial score (nSPS) is 17.5. The molecule has 176 valence electrons. The van der Waals surface area contributed by atoms with E-state index in [2.05, 4.69) is 32.5 Å². The number of nitrogens with one attached hydrogen (secondary N) is 1. The standard InChI is InChI=1S/C25H33N5O3/c1-17-9-12-26-28-22(17)30-15-20(16-30)23(31)27-21-7-5-18(6-8-21)19-10-13-29(14-11-19)24(32)33-25(2,3)4/h5-9,12,19-20H,10-11,13-16H2,1-4H3,(H,27,31). The number of rotatable bonds is 4. The molecule has 2 aliphatic heterocycles. The van der Waals surface area contributed by atoms with E-state index in [9.17, 15) is 9.59 Å². The Morgan fingerprint density at radius 1 is 1.06 bits per heavy atom. The first kappa shape index (κ1) is 23.0. The molecule has 0 aliphatic carbocycles. The highest BCUT2D eigenvalue weighted by Crippen LogP contribution is 2.30. The number of hydrogen-bond acceptors (Lipinski definition) is 6. The predicted octanol–water partition coefficient (Wildman–Crippen LogP) is 3.97. The lowest BCUT2D eigenvalue weighted by molar-refractivity contribution is -0.120. The summed E-state index contributed by atoms with van der Waals surface area (Å²) < 4.78 is 5.48. The van der Waals surface area contributed by atoms with Gasteiger partial charge in [0.15, 0.2) is 5.82 Å². The molecule has 1 aromatic heterocycles. The van der Waals surface area contributed by atoms with Crippen molar-refractivity contribution in [2.75, 3.05) is 36.4 Å². The third-order valence-electron chi connectivity index (χ3n) is 6.24. The highest BCUT2D eigenvalue weighted by molar-refractivity contribution is 5.94. The Kier molecular flexibility index (Phi) is 6.54. The van der Waals surface area contributed by atoms with E-state index in [-0.39, 0.29) is 17.9 Å². The number of aromatic nitrogens is 2. The average molecular weight is 452 g/mol. The van der Waals surface area contributed by atoms with E-state index in [1.807, 2.05) is 45.9 Å². The fourth-order valence-corrected chi connectivity index (χ4v) is 4.32. The lowest BCUT2D eigenvalue weighted by Gasteiger charge is -2.39. The number of piperidine rings is 1. The van der Waals surface area contributed by atoms with Gasteiger partial charge in [-0.2, -0.15) is 5.10 Å². The molecule has 0 atom stereocenters. The van der Waals surface area contributed by atoms with E-state index < -0.39 is 5.60 Å². The summed E-state index contributed by atoms with van der Waals surface area (Å²) in [7, 11) is 0. The van der Waals surface area contributed by atoms with E-state index in [0.717, 1.165) is 29.9 Å². The predicted molar refractivity (Wildman–Crippen MR) is 127 cm³/mol. The average Bonchev–Trinajstić information content (AvgIpc) is 2.73. The second-order valence-electron chi connectivity index (χ2n) is 9.99. The molecule has 8 heteroatoms. The fraction of sp³-hybridized carbons (Fsp3) is 0.520. The van der Waals surface area contributed by atoms with Gasteiger partial charge in [-0.15, -0.1) is 5.10 Å². The third kappa shape index (κ3) is 5.61. The molecule has 4 rings (SSSR count). The number of likely N-dealkylation sites (tertiary alicyclic amines) is 1. The largest absolute Gasteiger partial charge is 0.444 e. The van der Waals surface area contributed by atoms with Gasteiger partial charge < -0.3 is 19.9 Å². The molecular formula is C25H33N5O3. The zero-order valence-corrected chi connectivity index (χ0v) is 19.9. The molecule has 1 aromatic carbocycles. The minimum absolute atomic E-state index is 0.0335. The maximum atomic E-state index is 12.6. The van der Waals surface area contributed by atoms with Gasteiger partial charge in [0.2, 0.25) is 5.91 Å². The Balaban J connectivity index is 1.24. The molecule has 0 radical (unpaired) electrons. The first-order valence-electron chi connectivity index (χ1n) is 11.6.